The van der Waals surface area contributed by atoms with Crippen LogP contribution in [0.5, 0.6) is 5.75 Å². The number of pyridine rings is 1. The molecule has 2 atom stereocenters. The van der Waals surface area contributed by atoms with Crippen molar-refractivity contribution >= 4 is 11.7 Å². The molecule has 6 nitrogen and oxygen atoms in total. The molecule has 1 aromatic carbocycles. The predicted molar refractivity (Wildman–Crippen MR) is 113 cm³/mol. The molecule has 1 aliphatic heterocycles. The topological polar surface area (TPSA) is 86.5 Å². The maximum atomic E-state index is 12.3. The number of carbonyl (C=O) groups excluding carboxylic acids is 1. The minimum Gasteiger partial charge on any atom is -0.490 e. The van der Waals surface area contributed by atoms with Gasteiger partial charge in [0.15, 0.2) is 0 Å². The van der Waals surface area contributed by atoms with E-state index in [1.165, 1.54) is 0 Å². The maximum absolute atomic E-state index is 12.3. The second-order valence-corrected chi connectivity index (χ2v) is 7.89. The molecular weight excluding hydrogens is 366 g/mol. The Balaban J connectivity index is 1.48. The van der Waals surface area contributed by atoms with Gasteiger partial charge in [0.05, 0.1) is 13.2 Å². The van der Waals surface area contributed by atoms with Gasteiger partial charge in [-0.1, -0.05) is 19.4 Å². The summed E-state index contributed by atoms with van der Waals surface area (Å²) in [5, 5.41) is 2.96. The zero-order valence-corrected chi connectivity index (χ0v) is 16.9. The van der Waals surface area contributed by atoms with Crippen LogP contribution in [0.15, 0.2) is 36.5 Å². The van der Waals surface area contributed by atoms with Crippen LogP contribution in [0.2, 0.25) is 0 Å². The van der Waals surface area contributed by atoms with Crippen molar-refractivity contribution in [2.45, 2.75) is 45.3 Å². The first-order valence-electron chi connectivity index (χ1n) is 10.5. The molecule has 1 saturated carbocycles. The lowest BCUT2D eigenvalue weighted by Crippen LogP contribution is -2.26. The molecule has 2 aliphatic rings. The zero-order valence-electron chi connectivity index (χ0n) is 16.9. The van der Waals surface area contributed by atoms with Crippen molar-refractivity contribution in [2.24, 2.45) is 17.6 Å². The summed E-state index contributed by atoms with van der Waals surface area (Å²) in [4.78, 5) is 16.6. The number of nitrogens with zero attached hydrogens (tertiary/aromatic N) is 1. The fourth-order valence-corrected chi connectivity index (χ4v) is 3.92. The highest BCUT2D eigenvalue weighted by atomic mass is 16.5. The second-order valence-electron chi connectivity index (χ2n) is 7.89. The van der Waals surface area contributed by atoms with Crippen LogP contribution in [-0.2, 0) is 16.1 Å². The van der Waals surface area contributed by atoms with Crippen molar-refractivity contribution in [3.63, 3.8) is 0 Å². The molecule has 29 heavy (non-hydrogen) atoms. The van der Waals surface area contributed by atoms with E-state index in [2.05, 4.69) is 23.3 Å². The summed E-state index contributed by atoms with van der Waals surface area (Å²) >= 11 is 0. The first kappa shape index (κ1) is 19.9. The van der Waals surface area contributed by atoms with Crippen LogP contribution in [0.3, 0.4) is 0 Å². The van der Waals surface area contributed by atoms with E-state index in [9.17, 15) is 4.79 Å². The summed E-state index contributed by atoms with van der Waals surface area (Å²) in [5.74, 6) is 2.16. The lowest BCUT2D eigenvalue weighted by atomic mass is 10.0. The summed E-state index contributed by atoms with van der Waals surface area (Å²) in [6, 6.07) is 9.93. The summed E-state index contributed by atoms with van der Waals surface area (Å²) in [7, 11) is 0. The Hall–Kier alpha value is -2.44. The lowest BCUT2D eigenvalue weighted by Gasteiger charge is -2.24. The molecule has 2 aromatic rings. The van der Waals surface area contributed by atoms with E-state index >= 15 is 0 Å². The monoisotopic (exact) mass is 395 g/mol. The molecule has 1 saturated heterocycles. The number of anilines is 1. The number of rotatable bonds is 7. The Morgan fingerprint density at radius 1 is 1.24 bits per heavy atom. The van der Waals surface area contributed by atoms with Gasteiger partial charge in [0.2, 0.25) is 5.91 Å². The molecule has 1 aromatic heterocycles. The SMILES string of the molecule is CC[C@@H]1C[C@H]1C(=O)Nc1cc(-c2ccc(OC3CCOCC3)c(CN)c2)ccn1. The van der Waals surface area contributed by atoms with E-state index < -0.39 is 0 Å². The molecule has 0 bridgehead atoms. The van der Waals surface area contributed by atoms with Crippen LogP contribution in [0.1, 0.15) is 38.2 Å². The number of benzene rings is 1. The van der Waals surface area contributed by atoms with Gasteiger partial charge in [0.1, 0.15) is 17.7 Å². The standard InChI is InChI=1S/C23H29N3O3/c1-2-15-12-20(15)23(27)26-22-13-17(5-8-25-22)16-3-4-21(18(11-16)14-24)29-19-6-9-28-10-7-19/h3-5,8,11,13,15,19-20H,2,6-7,9-10,12,14,24H2,1H3,(H,25,26,27)/t15-,20-/m1/s1. The van der Waals surface area contributed by atoms with Crippen molar-refractivity contribution in [3.8, 4) is 16.9 Å². The Morgan fingerprint density at radius 3 is 2.76 bits per heavy atom. The summed E-state index contributed by atoms with van der Waals surface area (Å²) in [5.41, 5.74) is 8.98. The van der Waals surface area contributed by atoms with Gasteiger partial charge in [0, 0.05) is 37.1 Å². The van der Waals surface area contributed by atoms with E-state index in [1.54, 1.807) is 6.20 Å². The van der Waals surface area contributed by atoms with Gasteiger partial charge in [0.25, 0.3) is 0 Å². The zero-order chi connectivity index (χ0) is 20.2. The molecule has 2 fully saturated rings. The van der Waals surface area contributed by atoms with Crippen LogP contribution in [0.25, 0.3) is 11.1 Å². The fourth-order valence-electron chi connectivity index (χ4n) is 3.92. The minimum atomic E-state index is 0.0735. The Kier molecular flexibility index (Phi) is 6.11. The van der Waals surface area contributed by atoms with Gasteiger partial charge in [-0.05, 0) is 47.7 Å². The van der Waals surface area contributed by atoms with Crippen molar-refractivity contribution < 1.29 is 14.3 Å². The van der Waals surface area contributed by atoms with E-state index in [-0.39, 0.29) is 17.9 Å². The average Bonchev–Trinajstić information content (AvgIpc) is 3.55. The van der Waals surface area contributed by atoms with Crippen LogP contribution in [0, 0.1) is 11.8 Å². The van der Waals surface area contributed by atoms with Crippen LogP contribution in [0.4, 0.5) is 5.82 Å². The molecule has 1 aliphatic carbocycles. The highest BCUT2D eigenvalue weighted by molar-refractivity contribution is 5.94. The first-order chi connectivity index (χ1) is 14.2. The Morgan fingerprint density at radius 2 is 2.03 bits per heavy atom. The molecule has 6 heteroatoms. The molecule has 0 spiro atoms. The normalized spacial score (nSPS) is 21.6. The number of ether oxygens (including phenoxy) is 2. The quantitative estimate of drug-likeness (QED) is 0.746. The largest absolute Gasteiger partial charge is 0.490 e. The molecule has 3 N–H and O–H groups in total. The van der Waals surface area contributed by atoms with Gasteiger partial charge in [-0.25, -0.2) is 4.98 Å². The number of hydrogen-bond acceptors (Lipinski definition) is 5. The van der Waals surface area contributed by atoms with E-state index in [0.29, 0.717) is 18.3 Å². The Bertz CT molecular complexity index is 864. The predicted octanol–water partition coefficient (Wildman–Crippen LogP) is 3.75. The van der Waals surface area contributed by atoms with Crippen LogP contribution >= 0.6 is 0 Å². The van der Waals surface area contributed by atoms with Gasteiger partial charge in [-0.3, -0.25) is 4.79 Å². The molecule has 154 valence electrons. The van der Waals surface area contributed by atoms with Gasteiger partial charge < -0.3 is 20.5 Å². The molecule has 1 amide bonds. The number of amides is 1. The van der Waals surface area contributed by atoms with E-state index in [4.69, 9.17) is 15.2 Å². The number of carbonyl (C=O) groups is 1. The van der Waals surface area contributed by atoms with Gasteiger partial charge >= 0.3 is 0 Å². The van der Waals surface area contributed by atoms with Crippen molar-refractivity contribution in [3.05, 3.63) is 42.1 Å². The number of nitrogens with one attached hydrogen (secondary N) is 1. The average molecular weight is 396 g/mol. The first-order valence-corrected chi connectivity index (χ1v) is 10.5. The smallest absolute Gasteiger partial charge is 0.228 e. The lowest BCUT2D eigenvalue weighted by molar-refractivity contribution is -0.117. The number of hydrogen-bond donors (Lipinski definition) is 2. The van der Waals surface area contributed by atoms with E-state index in [1.807, 2.05) is 24.3 Å². The summed E-state index contributed by atoms with van der Waals surface area (Å²) in [6.45, 7) is 4.01. The van der Waals surface area contributed by atoms with E-state index in [0.717, 1.165) is 61.3 Å². The van der Waals surface area contributed by atoms with Crippen molar-refractivity contribution in [1.29, 1.82) is 0 Å². The third kappa shape index (κ3) is 4.77. The third-order valence-electron chi connectivity index (χ3n) is 5.87. The van der Waals surface area contributed by atoms with Gasteiger partial charge in [-0.2, -0.15) is 0 Å². The van der Waals surface area contributed by atoms with Crippen molar-refractivity contribution in [2.75, 3.05) is 18.5 Å². The maximum Gasteiger partial charge on any atom is 0.228 e. The van der Waals surface area contributed by atoms with Crippen LogP contribution < -0.4 is 15.8 Å². The molecular formula is C23H29N3O3. The molecule has 0 unspecified atom stereocenters. The van der Waals surface area contributed by atoms with Crippen molar-refractivity contribution in [1.82, 2.24) is 4.98 Å². The Labute approximate surface area is 171 Å². The highest BCUT2D eigenvalue weighted by Gasteiger charge is 2.41. The third-order valence-corrected chi connectivity index (χ3v) is 5.87. The molecule has 2 heterocycles. The number of aromatic nitrogens is 1. The summed E-state index contributed by atoms with van der Waals surface area (Å²) in [6.07, 6.45) is 5.74. The van der Waals surface area contributed by atoms with Crippen LogP contribution in [-0.4, -0.2) is 30.2 Å². The molecule has 0 radical (unpaired) electrons. The summed E-state index contributed by atoms with van der Waals surface area (Å²) < 4.78 is 11.6. The van der Waals surface area contributed by atoms with Gasteiger partial charge in [-0.15, -0.1) is 0 Å². The number of nitrogens with two attached hydrogens (primary N) is 1. The fraction of sp³-hybridized carbons (Fsp3) is 0.478. The minimum absolute atomic E-state index is 0.0735. The molecule has 4 rings (SSSR count). The second kappa shape index (κ2) is 8.93. The highest BCUT2D eigenvalue weighted by Crippen LogP contribution is 2.41.